The third-order valence-electron chi connectivity index (χ3n) is 3.33. The second kappa shape index (κ2) is 13.0. The molecule has 1 saturated heterocycles. The second-order valence-corrected chi connectivity index (χ2v) is 5.10. The van der Waals surface area contributed by atoms with Crippen molar-refractivity contribution in [3.05, 3.63) is 18.5 Å². The Morgan fingerprint density at radius 3 is 1.38 bits per heavy atom. The van der Waals surface area contributed by atoms with E-state index < -0.39 is 0 Å². The molecule has 0 aliphatic carbocycles. The number of anilines is 1. The van der Waals surface area contributed by atoms with Gasteiger partial charge in [-0.05, 0) is 6.07 Å². The summed E-state index contributed by atoms with van der Waals surface area (Å²) in [5.41, 5.74) is 0. The molecule has 136 valence electrons. The first-order valence-corrected chi connectivity index (χ1v) is 8.37. The summed E-state index contributed by atoms with van der Waals surface area (Å²) in [5.74, 6) is 0.684. The topological polar surface area (TPSA) is 75.2 Å². The average Bonchev–Trinajstić information content (AvgIpc) is 2.62. The lowest BCUT2D eigenvalue weighted by atomic mass is 10.5. The first kappa shape index (κ1) is 19.0. The minimum atomic E-state index is 0.559. The molecule has 0 atom stereocenters. The van der Waals surface area contributed by atoms with Crippen LogP contribution >= 0.6 is 0 Å². The SMILES string of the molecule is c1cnc(N2CCOCCOCCOCCOCCOCC2)nc1. The molecule has 0 radical (unpaired) electrons. The zero-order valence-electron chi connectivity index (χ0n) is 14.1. The van der Waals surface area contributed by atoms with Crippen LogP contribution in [0, 0.1) is 0 Å². The number of hydrogen-bond acceptors (Lipinski definition) is 8. The number of ether oxygens (including phenoxy) is 5. The quantitative estimate of drug-likeness (QED) is 0.726. The smallest absolute Gasteiger partial charge is 0.225 e. The van der Waals surface area contributed by atoms with Crippen molar-refractivity contribution in [3.8, 4) is 0 Å². The van der Waals surface area contributed by atoms with E-state index in [0.29, 0.717) is 85.1 Å². The molecule has 8 heteroatoms. The van der Waals surface area contributed by atoms with Gasteiger partial charge in [0.25, 0.3) is 0 Å². The van der Waals surface area contributed by atoms with Gasteiger partial charge >= 0.3 is 0 Å². The van der Waals surface area contributed by atoms with Gasteiger partial charge in [-0.3, -0.25) is 0 Å². The lowest BCUT2D eigenvalue weighted by molar-refractivity contribution is -0.0116. The minimum Gasteiger partial charge on any atom is -0.377 e. The number of rotatable bonds is 1. The molecule has 0 saturated carbocycles. The molecule has 2 heterocycles. The maximum absolute atomic E-state index is 5.61. The maximum atomic E-state index is 5.61. The summed E-state index contributed by atoms with van der Waals surface area (Å²) >= 11 is 0. The Bertz CT molecular complexity index is 392. The summed E-state index contributed by atoms with van der Waals surface area (Å²) in [6.07, 6.45) is 3.47. The first-order chi connectivity index (χ1) is 12.0. The van der Waals surface area contributed by atoms with Gasteiger partial charge in [-0.1, -0.05) is 0 Å². The normalized spacial score (nSPS) is 20.9. The van der Waals surface area contributed by atoms with Gasteiger partial charge in [-0.15, -0.1) is 0 Å². The van der Waals surface area contributed by atoms with Crippen LogP contribution in [0.3, 0.4) is 0 Å². The van der Waals surface area contributed by atoms with Gasteiger partial charge in [0.15, 0.2) is 0 Å². The molecular formula is C16H27N3O5. The van der Waals surface area contributed by atoms with E-state index in [-0.39, 0.29) is 0 Å². The van der Waals surface area contributed by atoms with Crippen LogP contribution < -0.4 is 4.90 Å². The van der Waals surface area contributed by atoms with E-state index >= 15 is 0 Å². The monoisotopic (exact) mass is 341 g/mol. The van der Waals surface area contributed by atoms with Gasteiger partial charge in [-0.2, -0.15) is 0 Å². The first-order valence-electron chi connectivity index (χ1n) is 8.37. The van der Waals surface area contributed by atoms with Crippen molar-refractivity contribution in [1.29, 1.82) is 0 Å². The van der Waals surface area contributed by atoms with Crippen molar-refractivity contribution in [3.63, 3.8) is 0 Å². The summed E-state index contributed by atoms with van der Waals surface area (Å²) in [6.45, 7) is 7.08. The summed E-state index contributed by atoms with van der Waals surface area (Å²) in [4.78, 5) is 10.6. The Morgan fingerprint density at radius 1 is 0.583 bits per heavy atom. The highest BCUT2D eigenvalue weighted by Gasteiger charge is 2.09. The molecule has 0 N–H and O–H groups in total. The highest BCUT2D eigenvalue weighted by Crippen LogP contribution is 2.04. The summed E-state index contributed by atoms with van der Waals surface area (Å²) in [5, 5.41) is 0. The van der Waals surface area contributed by atoms with E-state index in [4.69, 9.17) is 23.7 Å². The summed E-state index contributed by atoms with van der Waals surface area (Å²) in [7, 11) is 0. The van der Waals surface area contributed by atoms with Crippen molar-refractivity contribution in [2.75, 3.05) is 84.1 Å². The molecule has 8 nitrogen and oxygen atoms in total. The van der Waals surface area contributed by atoms with E-state index in [1.54, 1.807) is 18.5 Å². The molecule has 1 fully saturated rings. The maximum Gasteiger partial charge on any atom is 0.225 e. The molecule has 0 unspecified atom stereocenters. The number of hydrogen-bond donors (Lipinski definition) is 0. The Labute approximate surface area is 143 Å². The highest BCUT2D eigenvalue weighted by molar-refractivity contribution is 5.27. The van der Waals surface area contributed by atoms with Gasteiger partial charge in [0.05, 0.1) is 66.1 Å². The standard InChI is InChI=1S/C16H27N3O5/c1-2-17-16(18-3-1)19-4-6-20-8-10-22-12-14-24-15-13-23-11-9-21-7-5-19/h1-3H,4-15H2. The minimum absolute atomic E-state index is 0.559. The zero-order valence-corrected chi connectivity index (χ0v) is 14.1. The van der Waals surface area contributed by atoms with Crippen molar-refractivity contribution in [2.45, 2.75) is 0 Å². The van der Waals surface area contributed by atoms with Crippen LogP contribution in [0.2, 0.25) is 0 Å². The third-order valence-corrected chi connectivity index (χ3v) is 3.33. The van der Waals surface area contributed by atoms with Gasteiger partial charge in [0.1, 0.15) is 0 Å². The second-order valence-electron chi connectivity index (χ2n) is 5.10. The van der Waals surface area contributed by atoms with Crippen LogP contribution in [0.15, 0.2) is 18.5 Å². The van der Waals surface area contributed by atoms with Crippen molar-refractivity contribution >= 4 is 5.95 Å². The molecule has 0 amide bonds. The summed E-state index contributed by atoms with van der Waals surface area (Å²) in [6, 6.07) is 1.80. The van der Waals surface area contributed by atoms with E-state index in [1.165, 1.54) is 0 Å². The number of nitrogens with zero attached hydrogens (tertiary/aromatic N) is 3. The average molecular weight is 341 g/mol. The number of aromatic nitrogens is 2. The Hall–Kier alpha value is -1.32. The van der Waals surface area contributed by atoms with Gasteiger partial charge in [0.2, 0.25) is 5.95 Å². The van der Waals surface area contributed by atoms with E-state index in [2.05, 4.69) is 14.9 Å². The van der Waals surface area contributed by atoms with E-state index in [9.17, 15) is 0 Å². The molecular weight excluding hydrogens is 314 g/mol. The molecule has 24 heavy (non-hydrogen) atoms. The van der Waals surface area contributed by atoms with Crippen LogP contribution in [-0.4, -0.2) is 89.1 Å². The van der Waals surface area contributed by atoms with Crippen LogP contribution in [0.25, 0.3) is 0 Å². The predicted octanol–water partition coefficient (Wildman–Crippen LogP) is 0.380. The molecule has 2 rings (SSSR count). The fraction of sp³-hybridized carbons (Fsp3) is 0.750. The Morgan fingerprint density at radius 2 is 0.958 bits per heavy atom. The van der Waals surface area contributed by atoms with Crippen LogP contribution in [0.4, 0.5) is 5.95 Å². The molecule has 1 aliphatic heterocycles. The van der Waals surface area contributed by atoms with Crippen LogP contribution in [0.5, 0.6) is 0 Å². The lowest BCUT2D eigenvalue weighted by Gasteiger charge is -2.22. The fourth-order valence-corrected chi connectivity index (χ4v) is 2.10. The molecule has 1 aromatic heterocycles. The van der Waals surface area contributed by atoms with E-state index in [1.807, 2.05) is 0 Å². The Kier molecular flexibility index (Phi) is 10.3. The summed E-state index contributed by atoms with van der Waals surface area (Å²) < 4.78 is 27.5. The van der Waals surface area contributed by atoms with Crippen molar-refractivity contribution < 1.29 is 23.7 Å². The third kappa shape index (κ3) is 8.51. The Balaban J connectivity index is 1.77. The van der Waals surface area contributed by atoms with Crippen molar-refractivity contribution in [1.82, 2.24) is 9.97 Å². The molecule has 1 aromatic rings. The largest absolute Gasteiger partial charge is 0.377 e. The van der Waals surface area contributed by atoms with Gasteiger partial charge in [-0.25, -0.2) is 9.97 Å². The molecule has 0 bridgehead atoms. The highest BCUT2D eigenvalue weighted by atomic mass is 16.6. The molecule has 0 aromatic carbocycles. The van der Waals surface area contributed by atoms with Crippen molar-refractivity contribution in [2.24, 2.45) is 0 Å². The van der Waals surface area contributed by atoms with Crippen LogP contribution in [-0.2, 0) is 23.7 Å². The lowest BCUT2D eigenvalue weighted by Crippen LogP contribution is -2.33. The molecule has 1 aliphatic rings. The van der Waals surface area contributed by atoms with E-state index in [0.717, 1.165) is 0 Å². The molecule has 0 spiro atoms. The van der Waals surface area contributed by atoms with Crippen LogP contribution in [0.1, 0.15) is 0 Å². The zero-order chi connectivity index (χ0) is 16.7. The van der Waals surface area contributed by atoms with Gasteiger partial charge in [0, 0.05) is 25.5 Å². The van der Waals surface area contributed by atoms with Gasteiger partial charge < -0.3 is 28.6 Å². The fourth-order valence-electron chi connectivity index (χ4n) is 2.10. The predicted molar refractivity (Wildman–Crippen MR) is 88.3 cm³/mol.